The Morgan fingerprint density at radius 1 is 1.20 bits per heavy atom. The molecule has 2 aromatic heterocycles. The van der Waals surface area contributed by atoms with Gasteiger partial charge in [0.05, 0.1) is 12.9 Å². The molecule has 0 spiro atoms. The van der Waals surface area contributed by atoms with Crippen LogP contribution in [0.1, 0.15) is 18.7 Å². The Balaban J connectivity index is 1.27. The van der Waals surface area contributed by atoms with Gasteiger partial charge in [0.15, 0.2) is 0 Å². The molecule has 9 nitrogen and oxygen atoms in total. The van der Waals surface area contributed by atoms with Crippen molar-refractivity contribution in [2.24, 2.45) is 5.92 Å². The number of ether oxygens (including phenoxy) is 1. The maximum absolute atomic E-state index is 12.7. The molecular formula is C21H26N6O3. The van der Waals surface area contributed by atoms with Gasteiger partial charge in [-0.25, -0.2) is 14.5 Å². The van der Waals surface area contributed by atoms with Gasteiger partial charge < -0.3 is 14.6 Å². The number of aromatic nitrogens is 5. The lowest BCUT2D eigenvalue weighted by Crippen LogP contribution is -2.34. The number of hydrogen-bond donors (Lipinski definition) is 1. The van der Waals surface area contributed by atoms with E-state index < -0.39 is 0 Å². The van der Waals surface area contributed by atoms with E-state index in [1.165, 1.54) is 4.68 Å². The summed E-state index contributed by atoms with van der Waals surface area (Å²) in [5.41, 5.74) is -0.136. The first-order chi connectivity index (χ1) is 14.7. The summed E-state index contributed by atoms with van der Waals surface area (Å²) in [6, 6.07) is 9.50. The van der Waals surface area contributed by atoms with Gasteiger partial charge in [0.2, 0.25) is 5.91 Å². The summed E-state index contributed by atoms with van der Waals surface area (Å²) < 4.78 is 10.7. The van der Waals surface area contributed by atoms with Crippen LogP contribution in [0.3, 0.4) is 0 Å². The van der Waals surface area contributed by atoms with Crippen LogP contribution in [-0.4, -0.2) is 43.0 Å². The molecule has 158 valence electrons. The maximum Gasteiger partial charge on any atom is 0.346 e. The number of aryl methyl sites for hydroxylation is 1. The molecular weight excluding hydrogens is 384 g/mol. The van der Waals surface area contributed by atoms with Crippen molar-refractivity contribution < 1.29 is 9.53 Å². The summed E-state index contributed by atoms with van der Waals surface area (Å²) in [6.45, 7) is 2.53. The van der Waals surface area contributed by atoms with Gasteiger partial charge in [0.1, 0.15) is 18.2 Å². The van der Waals surface area contributed by atoms with Crippen LogP contribution in [0.15, 0.2) is 53.8 Å². The first-order valence-electron chi connectivity index (χ1n) is 10.3. The van der Waals surface area contributed by atoms with Crippen LogP contribution in [-0.2, 0) is 30.8 Å². The SMILES string of the molecule is O=C(NCCn1ccnc1)C1CCc2nn(CCOc3ccccc3)c(=O)n2CC1. The number of carbonyl (C=O) groups excluding carboxylic acids is 1. The number of nitrogens with zero attached hydrogens (tertiary/aromatic N) is 5. The van der Waals surface area contributed by atoms with Gasteiger partial charge in [-0.15, -0.1) is 0 Å². The number of amides is 1. The Labute approximate surface area is 174 Å². The average molecular weight is 410 g/mol. The second kappa shape index (κ2) is 9.43. The Morgan fingerprint density at radius 2 is 2.07 bits per heavy atom. The van der Waals surface area contributed by atoms with Crippen molar-refractivity contribution in [2.75, 3.05) is 13.2 Å². The van der Waals surface area contributed by atoms with E-state index in [-0.39, 0.29) is 17.5 Å². The van der Waals surface area contributed by atoms with E-state index in [1.807, 2.05) is 41.1 Å². The van der Waals surface area contributed by atoms with E-state index in [9.17, 15) is 9.59 Å². The summed E-state index contributed by atoms with van der Waals surface area (Å²) in [5, 5.41) is 7.47. The largest absolute Gasteiger partial charge is 0.492 e. The molecule has 1 aliphatic heterocycles. The molecule has 1 aliphatic rings. The minimum Gasteiger partial charge on any atom is -0.492 e. The fourth-order valence-electron chi connectivity index (χ4n) is 3.67. The Kier molecular flexibility index (Phi) is 6.26. The number of fused-ring (bicyclic) bond motifs is 1. The minimum absolute atomic E-state index is 0.0393. The van der Waals surface area contributed by atoms with Crippen molar-refractivity contribution in [2.45, 2.75) is 38.9 Å². The zero-order chi connectivity index (χ0) is 20.8. The van der Waals surface area contributed by atoms with Gasteiger partial charge in [-0.1, -0.05) is 18.2 Å². The van der Waals surface area contributed by atoms with E-state index >= 15 is 0 Å². The highest BCUT2D eigenvalue weighted by molar-refractivity contribution is 5.78. The number of rotatable bonds is 8. The standard InChI is InChI=1S/C21H26N6O3/c28-20(23-10-13-25-12-9-22-16-25)17-6-7-19-24-27(21(29)26(19)11-8-17)14-15-30-18-4-2-1-3-5-18/h1-5,9,12,16-17H,6-8,10-11,13-15H2,(H,23,28). The van der Waals surface area contributed by atoms with E-state index in [2.05, 4.69) is 15.4 Å². The normalized spacial score (nSPS) is 15.9. The van der Waals surface area contributed by atoms with Gasteiger partial charge in [0.25, 0.3) is 0 Å². The van der Waals surface area contributed by atoms with Crippen LogP contribution >= 0.6 is 0 Å². The lowest BCUT2D eigenvalue weighted by Gasteiger charge is -2.14. The summed E-state index contributed by atoms with van der Waals surface area (Å²) in [4.78, 5) is 29.2. The van der Waals surface area contributed by atoms with Crippen molar-refractivity contribution in [3.63, 3.8) is 0 Å². The Hall–Kier alpha value is -3.36. The van der Waals surface area contributed by atoms with Crippen molar-refractivity contribution >= 4 is 5.91 Å². The van der Waals surface area contributed by atoms with Gasteiger partial charge >= 0.3 is 5.69 Å². The topological polar surface area (TPSA) is 96.0 Å². The maximum atomic E-state index is 12.7. The first kappa shape index (κ1) is 19.9. The van der Waals surface area contributed by atoms with Crippen molar-refractivity contribution in [3.8, 4) is 5.75 Å². The summed E-state index contributed by atoms with van der Waals surface area (Å²) in [5.74, 6) is 1.45. The van der Waals surface area contributed by atoms with Crippen molar-refractivity contribution in [1.29, 1.82) is 0 Å². The lowest BCUT2D eigenvalue weighted by molar-refractivity contribution is -0.125. The molecule has 3 heterocycles. The molecule has 0 saturated carbocycles. The Morgan fingerprint density at radius 3 is 2.87 bits per heavy atom. The van der Waals surface area contributed by atoms with Crippen LogP contribution in [0.2, 0.25) is 0 Å². The van der Waals surface area contributed by atoms with E-state index in [1.54, 1.807) is 17.1 Å². The van der Waals surface area contributed by atoms with Gasteiger partial charge in [-0.2, -0.15) is 5.10 Å². The predicted molar refractivity (Wildman–Crippen MR) is 110 cm³/mol. The van der Waals surface area contributed by atoms with E-state index in [4.69, 9.17) is 4.74 Å². The summed E-state index contributed by atoms with van der Waals surface area (Å²) in [7, 11) is 0. The van der Waals surface area contributed by atoms with E-state index in [0.29, 0.717) is 52.0 Å². The monoisotopic (exact) mass is 410 g/mol. The third-order valence-electron chi connectivity index (χ3n) is 5.33. The molecule has 0 saturated heterocycles. The molecule has 0 fully saturated rings. The molecule has 0 aliphatic carbocycles. The number of benzene rings is 1. The third kappa shape index (κ3) is 4.79. The van der Waals surface area contributed by atoms with Crippen molar-refractivity contribution in [3.05, 3.63) is 65.4 Å². The highest BCUT2D eigenvalue weighted by Gasteiger charge is 2.25. The van der Waals surface area contributed by atoms with Crippen LogP contribution < -0.4 is 15.7 Å². The summed E-state index contributed by atoms with van der Waals surface area (Å²) >= 11 is 0. The molecule has 4 rings (SSSR count). The number of carbonyl (C=O) groups is 1. The highest BCUT2D eigenvalue weighted by atomic mass is 16.5. The second-order valence-corrected chi connectivity index (χ2v) is 7.35. The minimum atomic E-state index is -0.136. The van der Waals surface area contributed by atoms with Crippen LogP contribution in [0, 0.1) is 5.92 Å². The Bertz CT molecular complexity index is 1010. The van der Waals surface area contributed by atoms with Gasteiger partial charge in [-0.3, -0.25) is 9.36 Å². The number of nitrogens with one attached hydrogen (secondary N) is 1. The zero-order valence-electron chi connectivity index (χ0n) is 16.8. The fraction of sp³-hybridized carbons (Fsp3) is 0.429. The quantitative estimate of drug-likeness (QED) is 0.600. The van der Waals surface area contributed by atoms with Crippen LogP contribution in [0.25, 0.3) is 0 Å². The van der Waals surface area contributed by atoms with Crippen LogP contribution in [0.4, 0.5) is 0 Å². The third-order valence-corrected chi connectivity index (χ3v) is 5.33. The summed E-state index contributed by atoms with van der Waals surface area (Å²) in [6.07, 6.45) is 7.25. The number of para-hydroxylation sites is 1. The highest BCUT2D eigenvalue weighted by Crippen LogP contribution is 2.18. The number of hydrogen-bond acceptors (Lipinski definition) is 5. The molecule has 3 aromatic rings. The molecule has 1 atom stereocenters. The molecule has 1 aromatic carbocycles. The second-order valence-electron chi connectivity index (χ2n) is 7.35. The molecule has 0 bridgehead atoms. The van der Waals surface area contributed by atoms with E-state index in [0.717, 1.165) is 11.6 Å². The molecule has 0 radical (unpaired) electrons. The smallest absolute Gasteiger partial charge is 0.346 e. The van der Waals surface area contributed by atoms with Crippen molar-refractivity contribution in [1.82, 2.24) is 29.2 Å². The predicted octanol–water partition coefficient (Wildman–Crippen LogP) is 1.09. The van der Waals surface area contributed by atoms with Gasteiger partial charge in [0, 0.05) is 44.4 Å². The zero-order valence-corrected chi connectivity index (χ0v) is 16.8. The lowest BCUT2D eigenvalue weighted by atomic mass is 9.99. The van der Waals surface area contributed by atoms with Gasteiger partial charge in [-0.05, 0) is 25.0 Å². The molecule has 30 heavy (non-hydrogen) atoms. The average Bonchev–Trinajstić information content (AvgIpc) is 3.31. The first-order valence-corrected chi connectivity index (χ1v) is 10.3. The number of imidazole rings is 1. The molecule has 1 N–H and O–H groups in total. The molecule has 1 unspecified atom stereocenters. The van der Waals surface area contributed by atoms with Crippen LogP contribution in [0.5, 0.6) is 5.75 Å². The molecule has 9 heteroatoms. The fourth-order valence-corrected chi connectivity index (χ4v) is 3.67. The molecule has 1 amide bonds.